The van der Waals surface area contributed by atoms with E-state index in [0.717, 1.165) is 48.4 Å². The molecule has 0 aliphatic heterocycles. The molecular formula is C34H36O7. The first-order valence-corrected chi connectivity index (χ1v) is 14.3. The van der Waals surface area contributed by atoms with Crippen LogP contribution in [-0.2, 0) is 27.2 Å². The maximum absolute atomic E-state index is 12.7. The maximum Gasteiger partial charge on any atom is 0.182 e. The second-order valence-corrected chi connectivity index (χ2v) is 11.6. The predicted octanol–water partition coefficient (Wildman–Crippen LogP) is 5.87. The molecule has 0 fully saturated rings. The number of aromatic hydroxyl groups is 1. The van der Waals surface area contributed by atoms with Gasteiger partial charge in [0.05, 0.1) is 0 Å². The molecule has 0 spiro atoms. The number of fused-ring (bicyclic) bond motifs is 3. The van der Waals surface area contributed by atoms with Crippen molar-refractivity contribution in [1.29, 1.82) is 0 Å². The lowest BCUT2D eigenvalue weighted by Gasteiger charge is -2.47. The van der Waals surface area contributed by atoms with E-state index in [2.05, 4.69) is 13.5 Å². The fourth-order valence-electron chi connectivity index (χ4n) is 6.87. The molecule has 0 bridgehead atoms. The van der Waals surface area contributed by atoms with Gasteiger partial charge < -0.3 is 20.4 Å². The summed E-state index contributed by atoms with van der Waals surface area (Å²) >= 11 is 0. The first-order chi connectivity index (χ1) is 19.5. The van der Waals surface area contributed by atoms with E-state index in [1.807, 2.05) is 30.3 Å². The topological polar surface area (TPSA) is 132 Å². The first-order valence-electron chi connectivity index (χ1n) is 14.3. The van der Waals surface area contributed by atoms with Crippen molar-refractivity contribution in [3.8, 4) is 16.9 Å². The first kappa shape index (κ1) is 28.6. The second-order valence-electron chi connectivity index (χ2n) is 11.6. The molecule has 0 unspecified atom stereocenters. The van der Waals surface area contributed by atoms with Gasteiger partial charge in [0.2, 0.25) is 0 Å². The lowest BCUT2D eigenvalue weighted by Crippen LogP contribution is -2.52. The van der Waals surface area contributed by atoms with Gasteiger partial charge in [-0.25, -0.2) is 0 Å². The van der Waals surface area contributed by atoms with Crippen molar-refractivity contribution in [1.82, 2.24) is 0 Å². The molecule has 7 nitrogen and oxygen atoms in total. The van der Waals surface area contributed by atoms with E-state index in [1.165, 1.54) is 0 Å². The van der Waals surface area contributed by atoms with Gasteiger partial charge in [-0.3, -0.25) is 14.4 Å². The Bertz CT molecular complexity index is 1520. The van der Waals surface area contributed by atoms with Gasteiger partial charge in [-0.05, 0) is 66.0 Å². The highest BCUT2D eigenvalue weighted by Gasteiger charge is 2.57. The van der Waals surface area contributed by atoms with Crippen LogP contribution in [0.1, 0.15) is 69.1 Å². The van der Waals surface area contributed by atoms with Gasteiger partial charge in [-0.2, -0.15) is 0 Å². The van der Waals surface area contributed by atoms with E-state index in [4.69, 9.17) is 0 Å². The van der Waals surface area contributed by atoms with Crippen molar-refractivity contribution in [2.24, 2.45) is 11.8 Å². The van der Waals surface area contributed by atoms with Gasteiger partial charge in [-0.1, -0.05) is 56.7 Å². The fourth-order valence-corrected chi connectivity index (χ4v) is 6.87. The minimum absolute atomic E-state index is 0.0288. The van der Waals surface area contributed by atoms with Crippen LogP contribution in [0.3, 0.4) is 0 Å². The number of carbonyl (C=O) groups excluding carboxylic acids is 3. The number of unbranched alkanes of at least 4 members (excludes halogenated alkanes) is 2. The number of aliphatic hydroxyl groups is 3. The Kier molecular flexibility index (Phi) is 7.51. The highest BCUT2D eigenvalue weighted by atomic mass is 16.4. The molecule has 2 aromatic carbocycles. The number of aliphatic hydroxyl groups excluding tert-OH is 2. The summed E-state index contributed by atoms with van der Waals surface area (Å²) in [5.41, 5.74) is 1.85. The van der Waals surface area contributed by atoms with E-state index < -0.39 is 40.2 Å². The summed E-state index contributed by atoms with van der Waals surface area (Å²) in [6, 6.07) is 11.2. The van der Waals surface area contributed by atoms with Gasteiger partial charge in [0.15, 0.2) is 17.2 Å². The summed E-state index contributed by atoms with van der Waals surface area (Å²) < 4.78 is 0. The summed E-state index contributed by atoms with van der Waals surface area (Å²) in [6.07, 6.45) is 4.48. The zero-order valence-corrected chi connectivity index (χ0v) is 23.5. The lowest BCUT2D eigenvalue weighted by molar-refractivity contribution is -0.127. The molecule has 0 amide bonds. The molecule has 0 saturated carbocycles. The van der Waals surface area contributed by atoms with Crippen LogP contribution in [0.2, 0.25) is 0 Å². The molecule has 5 rings (SSSR count). The number of ketones is 3. The predicted molar refractivity (Wildman–Crippen MR) is 155 cm³/mol. The monoisotopic (exact) mass is 556 g/mol. The average molecular weight is 557 g/mol. The Balaban J connectivity index is 1.52. The van der Waals surface area contributed by atoms with E-state index in [0.29, 0.717) is 36.0 Å². The molecule has 214 valence electrons. The van der Waals surface area contributed by atoms with E-state index in [9.17, 15) is 34.8 Å². The van der Waals surface area contributed by atoms with Gasteiger partial charge in [-0.15, -0.1) is 0 Å². The number of hydrogen-bond donors (Lipinski definition) is 4. The SMILES string of the molecule is C=C1C2=C(O)[C@]3(O)C(O)=C(C(C)=O)C(=O)C[C@@H]3C[C@@H]2Cc2c(-c3ccc(CC(=O)CCCCC)cc3)ccc(O)c21. The molecule has 3 aliphatic rings. The number of phenolic OH excluding ortho intramolecular Hbond substituents is 1. The van der Waals surface area contributed by atoms with Crippen LogP contribution in [-0.4, -0.2) is 43.4 Å². The van der Waals surface area contributed by atoms with E-state index in [-0.39, 0.29) is 30.3 Å². The van der Waals surface area contributed by atoms with Crippen LogP contribution in [0.15, 0.2) is 65.6 Å². The minimum Gasteiger partial charge on any atom is -0.508 e. The fraction of sp³-hybridized carbons (Fsp3) is 0.382. The van der Waals surface area contributed by atoms with Crippen LogP contribution in [0.4, 0.5) is 0 Å². The smallest absolute Gasteiger partial charge is 0.182 e. The van der Waals surface area contributed by atoms with Crippen LogP contribution >= 0.6 is 0 Å². The minimum atomic E-state index is -2.28. The molecule has 0 radical (unpaired) electrons. The Hall–Kier alpha value is -3.97. The van der Waals surface area contributed by atoms with Crippen molar-refractivity contribution >= 4 is 22.9 Å². The van der Waals surface area contributed by atoms with Crippen LogP contribution in [0, 0.1) is 11.8 Å². The van der Waals surface area contributed by atoms with Crippen molar-refractivity contribution in [3.63, 3.8) is 0 Å². The molecule has 3 aliphatic carbocycles. The highest BCUT2D eigenvalue weighted by Crippen LogP contribution is 2.56. The summed E-state index contributed by atoms with van der Waals surface area (Å²) in [5, 5.41) is 44.7. The third kappa shape index (κ3) is 4.72. The lowest BCUT2D eigenvalue weighted by atomic mass is 9.59. The number of carbonyl (C=O) groups is 3. The molecule has 41 heavy (non-hydrogen) atoms. The average Bonchev–Trinajstić information content (AvgIpc) is 2.91. The third-order valence-electron chi connectivity index (χ3n) is 8.94. The van der Waals surface area contributed by atoms with Gasteiger partial charge >= 0.3 is 0 Å². The van der Waals surface area contributed by atoms with Crippen molar-refractivity contribution < 1.29 is 34.8 Å². The zero-order chi connectivity index (χ0) is 29.6. The summed E-state index contributed by atoms with van der Waals surface area (Å²) in [4.78, 5) is 37.1. The number of Topliss-reactive ketones (excluding diaryl/α,β-unsaturated/α-hetero) is 3. The van der Waals surface area contributed by atoms with E-state index >= 15 is 0 Å². The Morgan fingerprint density at radius 1 is 1.00 bits per heavy atom. The Labute approximate surface area is 239 Å². The Morgan fingerprint density at radius 3 is 2.37 bits per heavy atom. The summed E-state index contributed by atoms with van der Waals surface area (Å²) in [5.74, 6) is -3.56. The van der Waals surface area contributed by atoms with Gasteiger partial charge in [0.25, 0.3) is 0 Å². The van der Waals surface area contributed by atoms with Crippen molar-refractivity contribution in [2.75, 3.05) is 0 Å². The summed E-state index contributed by atoms with van der Waals surface area (Å²) in [7, 11) is 0. The number of allylic oxidation sites excluding steroid dienone is 3. The molecule has 4 N–H and O–H groups in total. The molecule has 3 atom stereocenters. The van der Waals surface area contributed by atoms with Crippen LogP contribution in [0.25, 0.3) is 16.7 Å². The number of hydrogen-bond acceptors (Lipinski definition) is 7. The molecule has 2 aromatic rings. The van der Waals surface area contributed by atoms with Crippen LogP contribution < -0.4 is 0 Å². The molecule has 0 heterocycles. The Morgan fingerprint density at radius 2 is 1.71 bits per heavy atom. The molecule has 7 heteroatoms. The molecule has 0 saturated heterocycles. The van der Waals surface area contributed by atoms with Gasteiger partial charge in [0.1, 0.15) is 28.6 Å². The normalized spacial score (nSPS) is 23.7. The third-order valence-corrected chi connectivity index (χ3v) is 8.94. The number of phenols is 1. The highest BCUT2D eigenvalue weighted by molar-refractivity contribution is 6.20. The molecular weight excluding hydrogens is 520 g/mol. The summed E-state index contributed by atoms with van der Waals surface area (Å²) in [6.45, 7) is 7.41. The van der Waals surface area contributed by atoms with Crippen molar-refractivity contribution in [2.45, 2.75) is 70.8 Å². The van der Waals surface area contributed by atoms with Crippen LogP contribution in [0.5, 0.6) is 5.75 Å². The quantitative estimate of drug-likeness (QED) is 0.236. The number of benzene rings is 2. The molecule has 0 aromatic heterocycles. The second kappa shape index (κ2) is 10.8. The van der Waals surface area contributed by atoms with Crippen molar-refractivity contribution in [3.05, 3.63) is 82.3 Å². The maximum atomic E-state index is 12.7. The standard InChI is InChI=1S/C34H36O7/c1-4-5-6-7-24(36)14-20-8-10-21(11-9-20)25-12-13-27(37)30-18(2)29-22(16-26(25)30)15-23-17-28(38)31(19(3)35)33(40)34(23,41)32(29)39/h8-13,22-23,37,39-41H,2,4-7,14-17H2,1,3H3/t22-,23+,34+/m1/s1. The number of rotatable bonds is 8. The van der Waals surface area contributed by atoms with E-state index in [1.54, 1.807) is 6.07 Å². The van der Waals surface area contributed by atoms with Gasteiger partial charge in [0, 0.05) is 36.3 Å². The zero-order valence-electron chi connectivity index (χ0n) is 23.5. The largest absolute Gasteiger partial charge is 0.508 e.